The normalized spacial score (nSPS) is 11.6. The number of nitrogens with zero attached hydrogens (tertiary/aromatic N) is 5. The van der Waals surface area contributed by atoms with E-state index in [0.29, 0.717) is 11.1 Å². The van der Waals surface area contributed by atoms with Gasteiger partial charge in [0.15, 0.2) is 0 Å². The maximum absolute atomic E-state index is 10.2. The highest BCUT2D eigenvalue weighted by Gasteiger charge is 2.21. The molecule has 0 fully saturated rings. The molecule has 0 N–H and O–H groups in total. The van der Waals surface area contributed by atoms with Crippen LogP contribution < -0.4 is 0 Å². The maximum Gasteiger partial charge on any atom is 0.0991 e. The van der Waals surface area contributed by atoms with Gasteiger partial charge in [-0.1, -0.05) is 97.1 Å². The average Bonchev–Trinajstić information content (AvgIpc) is 3.89. The molecule has 5 nitrogen and oxygen atoms in total. The molecule has 8 aromatic carbocycles. The zero-order valence-electron chi connectivity index (χ0n) is 29.5. The Morgan fingerprint density at radius 3 is 1.49 bits per heavy atom. The van der Waals surface area contributed by atoms with Crippen LogP contribution in [-0.4, -0.2) is 13.7 Å². The molecule has 0 aliphatic rings. The molecule has 5 heteroatoms. The van der Waals surface area contributed by atoms with E-state index in [9.17, 15) is 10.5 Å². The molecule has 0 aliphatic carbocycles. The number of hydrogen-bond acceptors (Lipinski definition) is 2. The second-order valence-electron chi connectivity index (χ2n) is 14.0. The van der Waals surface area contributed by atoms with E-state index in [0.717, 1.165) is 72.1 Å². The van der Waals surface area contributed by atoms with Crippen LogP contribution in [-0.2, 0) is 0 Å². The topological polar surface area (TPSA) is 62.4 Å². The Balaban J connectivity index is 1.20. The quantitative estimate of drug-likeness (QED) is 0.184. The van der Waals surface area contributed by atoms with Crippen LogP contribution in [0.1, 0.15) is 11.1 Å². The van der Waals surface area contributed by atoms with Gasteiger partial charge in [0.2, 0.25) is 0 Å². The van der Waals surface area contributed by atoms with Crippen LogP contribution in [0.4, 0.5) is 0 Å². The van der Waals surface area contributed by atoms with Crippen molar-refractivity contribution >= 4 is 65.4 Å². The predicted octanol–water partition coefficient (Wildman–Crippen LogP) is 12.4. The van der Waals surface area contributed by atoms with Crippen molar-refractivity contribution in [1.82, 2.24) is 13.7 Å². The number of para-hydroxylation sites is 5. The standard InChI is InChI=1S/C50H29N5/c51-30-32-23-25-47(54-46-21-8-4-16-39(46)42-28-33(31-52)24-26-48(42)54)41(27-32)34-11-9-12-35(29-34)53-43-18-5-3-15-38(43)40-17-10-22-49(50(40)53)55-44-19-6-1-13-36(44)37-14-2-7-20-45(37)55/h1-29H. The Kier molecular flexibility index (Phi) is 6.61. The lowest BCUT2D eigenvalue weighted by molar-refractivity contribution is 1.13. The minimum Gasteiger partial charge on any atom is -0.309 e. The summed E-state index contributed by atoms with van der Waals surface area (Å²) in [4.78, 5) is 0. The van der Waals surface area contributed by atoms with Crippen LogP contribution in [0, 0.1) is 22.7 Å². The number of nitriles is 2. The highest BCUT2D eigenvalue weighted by atomic mass is 15.1. The molecule has 0 bridgehead atoms. The largest absolute Gasteiger partial charge is 0.309 e. The molecule has 254 valence electrons. The van der Waals surface area contributed by atoms with Crippen LogP contribution in [0.3, 0.4) is 0 Å². The van der Waals surface area contributed by atoms with Crippen molar-refractivity contribution in [3.05, 3.63) is 187 Å². The highest BCUT2D eigenvalue weighted by Crippen LogP contribution is 2.41. The molecule has 0 atom stereocenters. The van der Waals surface area contributed by atoms with Crippen molar-refractivity contribution in [2.24, 2.45) is 0 Å². The summed E-state index contributed by atoms with van der Waals surface area (Å²) < 4.78 is 7.06. The van der Waals surface area contributed by atoms with E-state index in [1.165, 1.54) is 21.5 Å². The second kappa shape index (κ2) is 11.8. The van der Waals surface area contributed by atoms with Crippen LogP contribution >= 0.6 is 0 Å². The van der Waals surface area contributed by atoms with Crippen LogP contribution in [0.5, 0.6) is 0 Å². The van der Waals surface area contributed by atoms with E-state index in [4.69, 9.17) is 0 Å². The minimum atomic E-state index is 0.585. The number of aromatic nitrogens is 3. The van der Waals surface area contributed by atoms with Crippen LogP contribution in [0.2, 0.25) is 0 Å². The smallest absolute Gasteiger partial charge is 0.0991 e. The molecule has 55 heavy (non-hydrogen) atoms. The first-order valence-electron chi connectivity index (χ1n) is 18.3. The zero-order chi connectivity index (χ0) is 36.6. The lowest BCUT2D eigenvalue weighted by Gasteiger charge is -2.17. The number of hydrogen-bond donors (Lipinski definition) is 0. The first-order chi connectivity index (χ1) is 27.2. The monoisotopic (exact) mass is 699 g/mol. The summed E-state index contributed by atoms with van der Waals surface area (Å²) in [5.41, 5.74) is 12.8. The van der Waals surface area contributed by atoms with Gasteiger partial charge in [-0.15, -0.1) is 0 Å². The average molecular weight is 700 g/mol. The molecule has 0 amide bonds. The highest BCUT2D eigenvalue weighted by molar-refractivity contribution is 6.15. The SMILES string of the molecule is N#Cc1ccc(-n2c3ccccc3c3cc(C#N)ccc32)c(-c2cccc(-n3c4ccccc4c4cccc(-n5c6ccccc6c6ccccc65)c43)c2)c1. The van der Waals surface area contributed by atoms with E-state index in [2.05, 4.69) is 153 Å². The molecule has 0 radical (unpaired) electrons. The summed E-state index contributed by atoms with van der Waals surface area (Å²) in [5, 5.41) is 26.8. The van der Waals surface area contributed by atoms with Crippen molar-refractivity contribution in [2.75, 3.05) is 0 Å². The number of benzene rings is 8. The lowest BCUT2D eigenvalue weighted by Crippen LogP contribution is -2.01. The Morgan fingerprint density at radius 2 is 0.836 bits per heavy atom. The Hall–Kier alpha value is -7.86. The van der Waals surface area contributed by atoms with Gasteiger partial charge >= 0.3 is 0 Å². The molecule has 0 saturated carbocycles. The molecule has 0 unspecified atom stereocenters. The fourth-order valence-corrected chi connectivity index (χ4v) is 8.78. The van der Waals surface area contributed by atoms with Gasteiger partial charge in [0.1, 0.15) is 0 Å². The van der Waals surface area contributed by atoms with E-state index in [1.54, 1.807) is 0 Å². The third kappa shape index (κ3) is 4.45. The molecule has 3 heterocycles. The Morgan fingerprint density at radius 1 is 0.345 bits per heavy atom. The fourth-order valence-electron chi connectivity index (χ4n) is 8.78. The summed E-state index contributed by atoms with van der Waals surface area (Å²) in [6.45, 7) is 0. The van der Waals surface area contributed by atoms with Gasteiger partial charge in [-0.2, -0.15) is 10.5 Å². The van der Waals surface area contributed by atoms with E-state index in [1.807, 2.05) is 48.5 Å². The third-order valence-electron chi connectivity index (χ3n) is 11.1. The van der Waals surface area contributed by atoms with Crippen molar-refractivity contribution in [2.45, 2.75) is 0 Å². The minimum absolute atomic E-state index is 0.585. The van der Waals surface area contributed by atoms with E-state index in [-0.39, 0.29) is 0 Å². The lowest BCUT2D eigenvalue weighted by atomic mass is 10.00. The number of fused-ring (bicyclic) bond motifs is 9. The third-order valence-corrected chi connectivity index (χ3v) is 11.1. The first kappa shape index (κ1) is 30.7. The molecular weight excluding hydrogens is 671 g/mol. The van der Waals surface area contributed by atoms with Gasteiger partial charge in [-0.05, 0) is 84.4 Å². The summed E-state index contributed by atoms with van der Waals surface area (Å²) in [5.74, 6) is 0. The van der Waals surface area contributed by atoms with E-state index >= 15 is 0 Å². The Labute approximate surface area is 316 Å². The van der Waals surface area contributed by atoms with Gasteiger partial charge in [0.25, 0.3) is 0 Å². The van der Waals surface area contributed by atoms with Crippen molar-refractivity contribution in [3.63, 3.8) is 0 Å². The van der Waals surface area contributed by atoms with Crippen molar-refractivity contribution in [1.29, 1.82) is 10.5 Å². The zero-order valence-corrected chi connectivity index (χ0v) is 29.5. The summed E-state index contributed by atoms with van der Waals surface area (Å²) >= 11 is 0. The maximum atomic E-state index is 10.2. The molecule has 11 rings (SSSR count). The molecular formula is C50H29N5. The summed E-state index contributed by atoms with van der Waals surface area (Å²) in [6.07, 6.45) is 0. The van der Waals surface area contributed by atoms with Gasteiger partial charge in [-0.25, -0.2) is 0 Å². The number of rotatable bonds is 4. The molecule has 0 aliphatic heterocycles. The predicted molar refractivity (Wildman–Crippen MR) is 224 cm³/mol. The molecule has 11 aromatic rings. The fraction of sp³-hybridized carbons (Fsp3) is 0. The first-order valence-corrected chi connectivity index (χ1v) is 18.3. The van der Waals surface area contributed by atoms with Crippen LogP contribution in [0.15, 0.2) is 176 Å². The van der Waals surface area contributed by atoms with Crippen molar-refractivity contribution in [3.8, 4) is 40.3 Å². The van der Waals surface area contributed by atoms with Gasteiger partial charge in [0.05, 0.1) is 67.7 Å². The summed E-state index contributed by atoms with van der Waals surface area (Å²) in [6, 6.07) is 66.0. The van der Waals surface area contributed by atoms with E-state index < -0.39 is 0 Å². The van der Waals surface area contributed by atoms with Gasteiger partial charge < -0.3 is 13.7 Å². The second-order valence-corrected chi connectivity index (χ2v) is 14.0. The molecule has 3 aromatic heterocycles. The van der Waals surface area contributed by atoms with Gasteiger partial charge in [-0.3, -0.25) is 0 Å². The molecule has 0 saturated heterocycles. The van der Waals surface area contributed by atoms with Gasteiger partial charge in [0, 0.05) is 43.6 Å². The van der Waals surface area contributed by atoms with Crippen LogP contribution in [0.25, 0.3) is 93.6 Å². The molecule has 0 spiro atoms. The van der Waals surface area contributed by atoms with Crippen molar-refractivity contribution < 1.29 is 0 Å². The Bertz CT molecular complexity index is 3420. The summed E-state index contributed by atoms with van der Waals surface area (Å²) in [7, 11) is 0.